The van der Waals surface area contributed by atoms with Gasteiger partial charge in [0.2, 0.25) is 5.88 Å². The van der Waals surface area contributed by atoms with Gasteiger partial charge in [0.1, 0.15) is 57.3 Å². The Balaban J connectivity index is 1.25. The Morgan fingerprint density at radius 3 is 2.50 bits per heavy atom. The summed E-state index contributed by atoms with van der Waals surface area (Å²) >= 11 is 8.16. The Hall–Kier alpha value is -5.04. The van der Waals surface area contributed by atoms with Gasteiger partial charge in [0.25, 0.3) is 6.01 Å². The van der Waals surface area contributed by atoms with E-state index in [1.54, 1.807) is 25.1 Å². The standard InChI is InChI=1S/C41H38B3ClF4N6O6S/c1-4-57-39(56)35(33(42)25-7-5-6-8-26(25)61-41(43,44)29-13-14-52-55(29)21-40(47,48)49)60-37-32-31(36(28-11-12-30(46)59-28)62-38(32)51-22-50-37)24-9-10-27(34(45)23(24)2)58-20-19-54-17-15-53(3)16-18-54/h5-14,22,33,35H,4,15-21H2,1-3H3. The topological polar surface area (TPSA) is 117 Å². The largest absolute Gasteiger partial charge is 0.501 e. The Kier molecular flexibility index (Phi) is 13.6. The van der Waals surface area contributed by atoms with Crippen LogP contribution in [0.1, 0.15) is 29.6 Å². The molecule has 4 aromatic heterocycles. The lowest BCUT2D eigenvalue weighted by atomic mass is 9.63. The maximum Gasteiger partial charge on any atom is 0.408 e. The summed E-state index contributed by atoms with van der Waals surface area (Å²) in [5.41, 5.74) is 1.49. The minimum absolute atomic E-state index is 0.0555. The highest BCUT2D eigenvalue weighted by molar-refractivity contribution is 7.22. The van der Waals surface area contributed by atoms with E-state index in [1.165, 1.54) is 36.7 Å². The van der Waals surface area contributed by atoms with Gasteiger partial charge in [0, 0.05) is 50.6 Å². The van der Waals surface area contributed by atoms with Gasteiger partial charge in [-0.2, -0.15) is 22.7 Å². The van der Waals surface area contributed by atoms with Crippen LogP contribution in [0.3, 0.4) is 0 Å². The van der Waals surface area contributed by atoms with Gasteiger partial charge in [-0.05, 0) is 67.7 Å². The Morgan fingerprint density at radius 2 is 1.79 bits per heavy atom. The van der Waals surface area contributed by atoms with Gasteiger partial charge in [-0.15, -0.1) is 11.3 Å². The zero-order valence-corrected chi connectivity index (χ0v) is 35.4. The number of hydrogen-bond acceptors (Lipinski definition) is 12. The molecule has 2 atom stereocenters. The second kappa shape index (κ2) is 18.7. The summed E-state index contributed by atoms with van der Waals surface area (Å²) in [4.78, 5) is 28.2. The number of nitrogens with zero attached hydrogens (tertiary/aromatic N) is 6. The van der Waals surface area contributed by atoms with E-state index in [2.05, 4.69) is 31.9 Å². The summed E-state index contributed by atoms with van der Waals surface area (Å²) < 4.78 is 84.5. The van der Waals surface area contributed by atoms with Crippen LogP contribution >= 0.6 is 22.9 Å². The quantitative estimate of drug-likeness (QED) is 0.0578. The van der Waals surface area contributed by atoms with Crippen LogP contribution in [0.2, 0.25) is 5.02 Å². The highest BCUT2D eigenvalue weighted by atomic mass is 35.5. The number of ether oxygens (including phenoxy) is 4. The van der Waals surface area contributed by atoms with Crippen LogP contribution in [-0.2, 0) is 21.5 Å². The molecule has 0 amide bonds. The van der Waals surface area contributed by atoms with Crippen LogP contribution in [0.5, 0.6) is 17.4 Å². The van der Waals surface area contributed by atoms with Gasteiger partial charge in [0.15, 0.2) is 6.10 Å². The van der Waals surface area contributed by atoms with E-state index in [1.807, 2.05) is 13.0 Å². The lowest BCUT2D eigenvalue weighted by Crippen LogP contribution is -2.45. The molecule has 6 radical (unpaired) electrons. The number of esters is 1. The number of halogens is 5. The molecule has 6 aromatic rings. The van der Waals surface area contributed by atoms with Crippen LogP contribution in [-0.4, -0.2) is 124 Å². The third-order valence-corrected chi connectivity index (χ3v) is 11.8. The van der Waals surface area contributed by atoms with Crippen LogP contribution < -0.4 is 14.2 Å². The van der Waals surface area contributed by atoms with E-state index in [0.717, 1.165) is 50.3 Å². The third-order valence-electron chi connectivity index (χ3n) is 10.2. The van der Waals surface area contributed by atoms with Gasteiger partial charge in [-0.25, -0.2) is 14.8 Å². The molecule has 5 heterocycles. The molecular weight excluding hydrogens is 848 g/mol. The molecule has 1 aliphatic heterocycles. The van der Waals surface area contributed by atoms with Gasteiger partial charge in [-0.1, -0.05) is 35.9 Å². The number of carbonyl (C=O) groups excluding carboxylic acids is 1. The van der Waals surface area contributed by atoms with Crippen molar-refractivity contribution in [3.63, 3.8) is 0 Å². The number of thiophene rings is 1. The van der Waals surface area contributed by atoms with Crippen LogP contribution in [0.4, 0.5) is 17.6 Å². The molecule has 2 unspecified atom stereocenters. The fourth-order valence-electron chi connectivity index (χ4n) is 7.08. The second-order valence-electron chi connectivity index (χ2n) is 14.6. The van der Waals surface area contributed by atoms with Gasteiger partial charge < -0.3 is 28.3 Å². The zero-order chi connectivity index (χ0) is 44.3. The van der Waals surface area contributed by atoms with E-state index >= 15 is 0 Å². The Morgan fingerprint density at radius 1 is 1.03 bits per heavy atom. The first-order valence-electron chi connectivity index (χ1n) is 19.4. The first-order chi connectivity index (χ1) is 29.5. The van der Waals surface area contributed by atoms with Gasteiger partial charge >= 0.3 is 12.1 Å². The first kappa shape index (κ1) is 45.0. The van der Waals surface area contributed by atoms with E-state index in [-0.39, 0.29) is 35.3 Å². The van der Waals surface area contributed by atoms with Crippen LogP contribution in [0.15, 0.2) is 71.5 Å². The number of alkyl halides is 3. The number of hydrogen-bond donors (Lipinski definition) is 0. The van der Waals surface area contributed by atoms with E-state index in [9.17, 15) is 22.4 Å². The van der Waals surface area contributed by atoms with Crippen molar-refractivity contribution >= 4 is 62.7 Å². The normalized spacial score (nSPS) is 15.1. The number of carbonyl (C=O) groups is 1. The zero-order valence-electron chi connectivity index (χ0n) is 33.8. The number of rotatable bonds is 16. The summed E-state index contributed by atoms with van der Waals surface area (Å²) in [7, 11) is 21.5. The molecule has 0 bridgehead atoms. The maximum absolute atomic E-state index is 14.4. The average Bonchev–Trinajstić information content (AvgIpc) is 3.98. The monoisotopic (exact) mass is 886 g/mol. The summed E-state index contributed by atoms with van der Waals surface area (Å²) in [6.07, 6.45) is -3.94. The van der Waals surface area contributed by atoms with Crippen molar-refractivity contribution in [2.24, 2.45) is 0 Å². The smallest absolute Gasteiger partial charge is 0.408 e. The fraction of sp³-hybridized carbons (Fsp3) is 0.366. The summed E-state index contributed by atoms with van der Waals surface area (Å²) in [5, 5.41) is 2.01. The SMILES string of the molecule is [B]C(c1ccccc1OC([B])([B])c1ccnn1CC(F)(F)F)C(Oc1ncnc2sc(-c3ccc(F)o3)c(-c3ccc(OCCN4CCN(C)CC4)c(Cl)c3C)c12)C(=O)OCC. The van der Waals surface area contributed by atoms with Gasteiger partial charge in [-0.3, -0.25) is 9.58 Å². The number of para-hydroxylation sites is 1. The minimum Gasteiger partial charge on any atom is -0.501 e. The molecule has 7 rings (SSSR count). The predicted molar refractivity (Wildman–Crippen MR) is 228 cm³/mol. The fourth-order valence-corrected chi connectivity index (χ4v) is 8.41. The number of furan rings is 1. The predicted octanol–water partition coefficient (Wildman–Crippen LogP) is 6.85. The van der Waals surface area contributed by atoms with E-state index in [0.29, 0.717) is 53.8 Å². The third kappa shape index (κ3) is 9.93. The molecule has 318 valence electrons. The van der Waals surface area contributed by atoms with Crippen molar-refractivity contribution in [3.8, 4) is 39.1 Å². The molecule has 1 fully saturated rings. The van der Waals surface area contributed by atoms with Crippen molar-refractivity contribution in [3.05, 3.63) is 95.0 Å². The number of benzene rings is 2. The summed E-state index contributed by atoms with van der Waals surface area (Å²) in [6, 6.07) is 12.7. The highest BCUT2D eigenvalue weighted by Crippen LogP contribution is 2.50. The average molecular weight is 887 g/mol. The lowest BCUT2D eigenvalue weighted by Gasteiger charge is -2.32. The Bertz CT molecular complexity index is 2530. The maximum atomic E-state index is 14.4. The number of likely N-dealkylation sites (N-methyl/N-ethyl adjacent to an activating group) is 1. The molecule has 0 saturated carbocycles. The van der Waals surface area contributed by atoms with Crippen LogP contribution in [0, 0.1) is 12.9 Å². The molecule has 12 nitrogen and oxygen atoms in total. The molecule has 0 N–H and O–H groups in total. The molecule has 1 saturated heterocycles. The molecule has 0 spiro atoms. The summed E-state index contributed by atoms with van der Waals surface area (Å²) in [6.45, 7) is 6.83. The van der Waals surface area contributed by atoms with Crippen LogP contribution in [0.25, 0.3) is 32.0 Å². The van der Waals surface area contributed by atoms with Crippen molar-refractivity contribution in [2.45, 2.75) is 43.9 Å². The van der Waals surface area contributed by atoms with Gasteiger partial charge in [0.05, 0.1) is 40.8 Å². The molecule has 2 aromatic carbocycles. The summed E-state index contributed by atoms with van der Waals surface area (Å²) in [5.74, 6) is -1.80. The first-order valence-corrected chi connectivity index (χ1v) is 20.6. The number of piperazine rings is 1. The Labute approximate surface area is 367 Å². The van der Waals surface area contributed by atoms with E-state index in [4.69, 9.17) is 58.5 Å². The molecule has 62 heavy (non-hydrogen) atoms. The molecular formula is C41H38B3ClF4N6O6S. The van der Waals surface area contributed by atoms with Crippen molar-refractivity contribution in [1.82, 2.24) is 29.5 Å². The lowest BCUT2D eigenvalue weighted by molar-refractivity contribution is -0.151. The molecule has 0 aliphatic carbocycles. The number of aromatic nitrogens is 4. The number of fused-ring (bicyclic) bond motifs is 1. The highest BCUT2D eigenvalue weighted by Gasteiger charge is 2.37. The van der Waals surface area contributed by atoms with E-state index < -0.39 is 42.0 Å². The minimum atomic E-state index is -4.64. The second-order valence-corrected chi connectivity index (χ2v) is 15.9. The molecule has 1 aliphatic rings. The van der Waals surface area contributed by atoms with Crippen molar-refractivity contribution < 1.29 is 45.7 Å². The van der Waals surface area contributed by atoms with Crippen molar-refractivity contribution in [2.75, 3.05) is 53.0 Å². The van der Waals surface area contributed by atoms with Crippen molar-refractivity contribution in [1.29, 1.82) is 0 Å². The molecule has 21 heteroatoms.